The van der Waals surface area contributed by atoms with E-state index < -0.39 is 12.1 Å². The van der Waals surface area contributed by atoms with E-state index in [0.717, 1.165) is 50.6 Å². The molecule has 208 valence electrons. The Morgan fingerprint density at radius 1 is 0.738 bits per heavy atom. The highest BCUT2D eigenvalue weighted by molar-refractivity contribution is 5.86. The van der Waals surface area contributed by atoms with Gasteiger partial charge in [0, 0.05) is 47.0 Å². The molecule has 0 fully saturated rings. The van der Waals surface area contributed by atoms with Gasteiger partial charge >= 0.3 is 6.09 Å². The van der Waals surface area contributed by atoms with Crippen molar-refractivity contribution in [2.24, 2.45) is 0 Å². The maximum Gasteiger partial charge on any atom is 0.405 e. The lowest BCUT2D eigenvalue weighted by molar-refractivity contribution is 0.189. The number of aromatic nitrogens is 5. The lowest BCUT2D eigenvalue weighted by Crippen LogP contribution is -2.31. The molecule has 0 aliphatic rings. The molecule has 4 N–H and O–H groups in total. The van der Waals surface area contributed by atoms with Gasteiger partial charge in [0.05, 0.1) is 12.6 Å². The number of H-pyrrole nitrogens is 2. The van der Waals surface area contributed by atoms with Gasteiger partial charge in [0.1, 0.15) is 5.82 Å². The van der Waals surface area contributed by atoms with Gasteiger partial charge in [-0.05, 0) is 46.0 Å². The zero-order valence-electron chi connectivity index (χ0n) is 22.9. The highest BCUT2D eigenvalue weighted by atomic mass is 16.4. The van der Waals surface area contributed by atoms with Crippen molar-refractivity contribution in [3.05, 3.63) is 132 Å². The number of hydrogen-bond acceptors (Lipinski definition) is 3. The minimum Gasteiger partial charge on any atom is -0.465 e. The average Bonchev–Trinajstić information content (AvgIpc) is 3.73. The van der Waals surface area contributed by atoms with E-state index >= 15 is 0 Å². The molecule has 0 saturated heterocycles. The fourth-order valence-electron chi connectivity index (χ4n) is 6.03. The summed E-state index contributed by atoms with van der Waals surface area (Å²) in [6, 6.07) is 30.3. The normalized spacial score (nSPS) is 12.3. The molecule has 7 aromatic rings. The minimum absolute atomic E-state index is 0.437. The standard InChI is InChI=1S/C34H30N6O2/c41-34(42)37-31(18-25-20-36-30-15-6-4-13-28(25)30)33-39-38-32(17-16-23-19-35-29-14-5-3-12-27(23)29)40(33)21-24-10-7-9-22-8-1-2-11-26(22)24/h1-15,19-20,31,35-37H,16-18,21H2,(H,41,42)/t31-/m1/s1. The molecule has 1 amide bonds. The molecule has 3 aromatic heterocycles. The number of benzene rings is 4. The van der Waals surface area contributed by atoms with Crippen LogP contribution >= 0.6 is 0 Å². The predicted octanol–water partition coefficient (Wildman–Crippen LogP) is 6.78. The number of carbonyl (C=O) groups is 1. The number of carboxylic acid groups (broad SMARTS) is 1. The van der Waals surface area contributed by atoms with Gasteiger partial charge in [-0.1, -0.05) is 78.9 Å². The largest absolute Gasteiger partial charge is 0.465 e. The Morgan fingerprint density at radius 2 is 1.38 bits per heavy atom. The molecule has 0 spiro atoms. The van der Waals surface area contributed by atoms with Crippen molar-refractivity contribution in [1.29, 1.82) is 0 Å². The first-order valence-corrected chi connectivity index (χ1v) is 14.1. The van der Waals surface area contributed by atoms with E-state index in [1.165, 1.54) is 10.9 Å². The molecule has 0 aliphatic carbocycles. The van der Waals surface area contributed by atoms with Crippen molar-refractivity contribution >= 4 is 38.7 Å². The van der Waals surface area contributed by atoms with Crippen molar-refractivity contribution in [2.75, 3.05) is 0 Å². The van der Waals surface area contributed by atoms with Crippen LogP contribution in [0.3, 0.4) is 0 Å². The van der Waals surface area contributed by atoms with E-state index in [1.54, 1.807) is 0 Å². The highest BCUT2D eigenvalue weighted by Crippen LogP contribution is 2.27. The molecule has 0 radical (unpaired) electrons. The summed E-state index contributed by atoms with van der Waals surface area (Å²) < 4.78 is 2.10. The summed E-state index contributed by atoms with van der Waals surface area (Å²) in [5.41, 5.74) is 5.48. The average molecular weight is 555 g/mol. The molecular weight excluding hydrogens is 524 g/mol. The molecule has 1 atom stereocenters. The van der Waals surface area contributed by atoms with Crippen molar-refractivity contribution < 1.29 is 9.90 Å². The van der Waals surface area contributed by atoms with Crippen molar-refractivity contribution in [3.63, 3.8) is 0 Å². The Bertz CT molecular complexity index is 2030. The van der Waals surface area contributed by atoms with Crippen LogP contribution in [0.4, 0.5) is 4.79 Å². The number of nitrogens with one attached hydrogen (secondary N) is 3. The maximum absolute atomic E-state index is 12.1. The number of para-hydroxylation sites is 2. The van der Waals surface area contributed by atoms with Gasteiger partial charge in [-0.2, -0.15) is 0 Å². The number of rotatable bonds is 9. The first kappa shape index (κ1) is 25.6. The number of fused-ring (bicyclic) bond motifs is 3. The number of aryl methyl sites for hydroxylation is 2. The van der Waals surface area contributed by atoms with E-state index in [2.05, 4.69) is 78.7 Å². The van der Waals surface area contributed by atoms with Crippen LogP contribution in [0.15, 0.2) is 103 Å². The third-order valence-electron chi connectivity index (χ3n) is 8.07. The lowest BCUT2D eigenvalue weighted by Gasteiger charge is -2.19. The topological polar surface area (TPSA) is 112 Å². The molecule has 0 unspecified atom stereocenters. The third kappa shape index (κ3) is 4.88. The van der Waals surface area contributed by atoms with E-state index in [-0.39, 0.29) is 0 Å². The minimum atomic E-state index is -1.10. The number of aromatic amines is 2. The Kier molecular flexibility index (Phi) is 6.64. The fourth-order valence-corrected chi connectivity index (χ4v) is 6.03. The summed E-state index contributed by atoms with van der Waals surface area (Å²) in [7, 11) is 0. The Morgan fingerprint density at radius 3 is 2.14 bits per heavy atom. The van der Waals surface area contributed by atoms with Crippen LogP contribution in [-0.2, 0) is 25.8 Å². The monoisotopic (exact) mass is 554 g/mol. The van der Waals surface area contributed by atoms with Crippen molar-refractivity contribution in [2.45, 2.75) is 31.8 Å². The van der Waals surface area contributed by atoms with Crippen LogP contribution in [0.25, 0.3) is 32.6 Å². The molecule has 0 saturated carbocycles. The SMILES string of the molecule is O=C(O)N[C@H](Cc1c[nH]c2ccccc12)c1nnc(CCc2c[nH]c3ccccc23)n1Cc1cccc2ccccc12. The summed E-state index contributed by atoms with van der Waals surface area (Å²) >= 11 is 0. The second-order valence-corrected chi connectivity index (χ2v) is 10.6. The molecule has 4 aromatic carbocycles. The first-order chi connectivity index (χ1) is 20.6. The van der Waals surface area contributed by atoms with Crippen LogP contribution < -0.4 is 5.32 Å². The molecule has 7 rings (SSSR count). The van der Waals surface area contributed by atoms with Gasteiger partial charge < -0.3 is 25.0 Å². The van der Waals surface area contributed by atoms with Crippen LogP contribution in [0, 0.1) is 0 Å². The molecule has 42 heavy (non-hydrogen) atoms. The van der Waals surface area contributed by atoms with Crippen LogP contribution in [-0.4, -0.2) is 35.9 Å². The van der Waals surface area contributed by atoms with Gasteiger partial charge in [-0.3, -0.25) is 0 Å². The summed E-state index contributed by atoms with van der Waals surface area (Å²) in [4.78, 5) is 18.7. The molecular formula is C34H30N6O2. The summed E-state index contributed by atoms with van der Waals surface area (Å²) in [5.74, 6) is 1.42. The summed E-state index contributed by atoms with van der Waals surface area (Å²) in [6.45, 7) is 0.526. The molecule has 0 bridgehead atoms. The molecule has 0 aliphatic heterocycles. The van der Waals surface area contributed by atoms with Crippen LogP contribution in [0.2, 0.25) is 0 Å². The van der Waals surface area contributed by atoms with E-state index in [4.69, 9.17) is 0 Å². The van der Waals surface area contributed by atoms with Gasteiger partial charge in [-0.25, -0.2) is 4.79 Å². The third-order valence-corrected chi connectivity index (χ3v) is 8.07. The van der Waals surface area contributed by atoms with Gasteiger partial charge in [-0.15, -0.1) is 10.2 Å². The fraction of sp³-hybridized carbons (Fsp3) is 0.147. The number of hydrogen-bond donors (Lipinski definition) is 4. The zero-order chi connectivity index (χ0) is 28.5. The number of nitrogens with zero attached hydrogens (tertiary/aromatic N) is 3. The zero-order valence-corrected chi connectivity index (χ0v) is 22.9. The maximum atomic E-state index is 12.1. The molecule has 3 heterocycles. The Balaban J connectivity index is 1.29. The quantitative estimate of drug-likeness (QED) is 0.158. The van der Waals surface area contributed by atoms with Crippen molar-refractivity contribution in [1.82, 2.24) is 30.0 Å². The Hall–Kier alpha value is -5.37. The van der Waals surface area contributed by atoms with E-state index in [9.17, 15) is 9.90 Å². The van der Waals surface area contributed by atoms with Crippen molar-refractivity contribution in [3.8, 4) is 0 Å². The second-order valence-electron chi connectivity index (χ2n) is 10.6. The first-order valence-electron chi connectivity index (χ1n) is 14.1. The van der Waals surface area contributed by atoms with E-state index in [1.807, 2.05) is 54.7 Å². The summed E-state index contributed by atoms with van der Waals surface area (Å²) in [5, 5.41) is 26.5. The lowest BCUT2D eigenvalue weighted by atomic mass is 10.0. The summed E-state index contributed by atoms with van der Waals surface area (Å²) in [6.07, 6.45) is 4.78. The Labute approximate surface area is 242 Å². The van der Waals surface area contributed by atoms with Gasteiger partial charge in [0.25, 0.3) is 0 Å². The van der Waals surface area contributed by atoms with Gasteiger partial charge in [0.2, 0.25) is 0 Å². The second kappa shape index (κ2) is 10.9. The molecule has 8 nitrogen and oxygen atoms in total. The predicted molar refractivity (Wildman–Crippen MR) is 165 cm³/mol. The van der Waals surface area contributed by atoms with E-state index in [0.29, 0.717) is 25.2 Å². The van der Waals surface area contributed by atoms with Crippen LogP contribution in [0.5, 0.6) is 0 Å². The number of amides is 1. The molecule has 8 heteroatoms. The smallest absolute Gasteiger partial charge is 0.405 e. The van der Waals surface area contributed by atoms with Gasteiger partial charge in [0.15, 0.2) is 5.82 Å². The van der Waals surface area contributed by atoms with Crippen LogP contribution in [0.1, 0.15) is 34.4 Å². The highest BCUT2D eigenvalue weighted by Gasteiger charge is 2.25.